The van der Waals surface area contributed by atoms with Crippen LogP contribution in [0, 0.1) is 0 Å². The maximum Gasteiger partial charge on any atom is 1.00 e. The van der Waals surface area contributed by atoms with Crippen molar-refractivity contribution < 1.29 is 123 Å². The van der Waals surface area contributed by atoms with Gasteiger partial charge in [-0.05, 0) is 24.0 Å². The molecular weight excluding hydrogens is 238 g/mol. The Balaban J connectivity index is -0.000000605. The van der Waals surface area contributed by atoms with Gasteiger partial charge in [-0.3, -0.25) is 0 Å². The predicted molar refractivity (Wildman–Crippen MR) is 37.6 cm³/mol. The third-order valence-electron chi connectivity index (χ3n) is 1.56. The molecule has 0 unspecified atom stereocenters. The SMILES string of the molecule is CC/C(C(=O)[O-])=C(\CC)C(=O)[O-].[K+].[K+]. The maximum atomic E-state index is 10.4. The van der Waals surface area contributed by atoms with E-state index in [1.807, 2.05) is 0 Å². The van der Waals surface area contributed by atoms with Gasteiger partial charge in [0.15, 0.2) is 0 Å². The minimum atomic E-state index is -1.43. The molecule has 0 spiro atoms. The number of rotatable bonds is 4. The summed E-state index contributed by atoms with van der Waals surface area (Å²) in [5.41, 5.74) is -0.366. The summed E-state index contributed by atoms with van der Waals surface area (Å²) in [6.45, 7) is 3.12. The molecule has 0 rings (SSSR count). The van der Waals surface area contributed by atoms with Gasteiger partial charge in [-0.25, -0.2) is 0 Å². The summed E-state index contributed by atoms with van der Waals surface area (Å²) in [5, 5.41) is 20.8. The molecule has 0 fully saturated rings. The van der Waals surface area contributed by atoms with E-state index in [0.29, 0.717) is 0 Å². The summed E-state index contributed by atoms with van der Waals surface area (Å²) < 4.78 is 0. The van der Waals surface area contributed by atoms with Crippen LogP contribution in [-0.2, 0) is 9.59 Å². The van der Waals surface area contributed by atoms with Crippen molar-refractivity contribution in [3.63, 3.8) is 0 Å². The van der Waals surface area contributed by atoms with Crippen molar-refractivity contribution in [3.8, 4) is 0 Å². The molecule has 6 heteroatoms. The van der Waals surface area contributed by atoms with Gasteiger partial charge in [0.2, 0.25) is 0 Å². The zero-order chi connectivity index (χ0) is 9.72. The first kappa shape index (κ1) is 21.3. The van der Waals surface area contributed by atoms with Crippen molar-refractivity contribution in [2.75, 3.05) is 0 Å². The van der Waals surface area contributed by atoms with Crippen LogP contribution in [0.5, 0.6) is 0 Å². The van der Waals surface area contributed by atoms with Crippen LogP contribution in [0.4, 0.5) is 0 Å². The Morgan fingerprint density at radius 1 is 0.857 bits per heavy atom. The summed E-state index contributed by atoms with van der Waals surface area (Å²) in [6, 6.07) is 0. The molecule has 4 nitrogen and oxygen atoms in total. The van der Waals surface area contributed by atoms with Crippen molar-refractivity contribution in [1.29, 1.82) is 0 Å². The second-order valence-corrected chi connectivity index (χ2v) is 2.24. The predicted octanol–water partition coefficient (Wildman–Crippen LogP) is -7.39. The van der Waals surface area contributed by atoms with Crippen LogP contribution < -0.4 is 113 Å². The third kappa shape index (κ3) is 7.26. The van der Waals surface area contributed by atoms with Crippen LogP contribution in [-0.4, -0.2) is 11.9 Å². The average molecular weight is 248 g/mol. The number of carbonyl (C=O) groups excluding carboxylic acids is 2. The van der Waals surface area contributed by atoms with E-state index < -0.39 is 11.9 Å². The van der Waals surface area contributed by atoms with E-state index in [4.69, 9.17) is 0 Å². The van der Waals surface area contributed by atoms with Crippen LogP contribution in [0.3, 0.4) is 0 Å². The van der Waals surface area contributed by atoms with Gasteiger partial charge < -0.3 is 19.8 Å². The first-order valence-electron chi connectivity index (χ1n) is 3.69. The number of aliphatic carboxylic acids is 2. The molecule has 0 atom stereocenters. The standard InChI is InChI=1S/C8H12O4.2K/c1-3-5(7(9)10)6(4-2)8(11)12;;/h3-4H2,1-2H3,(H,9,10)(H,11,12);;/q;2*+1/p-2/b6-5-;;. The Morgan fingerprint density at radius 3 is 1.14 bits per heavy atom. The Kier molecular flexibility index (Phi) is 17.4. The van der Waals surface area contributed by atoms with Crippen LogP contribution in [0.2, 0.25) is 0 Å². The maximum absolute atomic E-state index is 10.4. The molecular formula is C8H10K2O4. The average Bonchev–Trinajstić information content (AvgIpc) is 1.98. The van der Waals surface area contributed by atoms with E-state index in [1.54, 1.807) is 13.8 Å². The summed E-state index contributed by atoms with van der Waals surface area (Å²) >= 11 is 0. The van der Waals surface area contributed by atoms with Gasteiger partial charge in [0.1, 0.15) is 0 Å². The normalized spacial score (nSPS) is 10.4. The molecule has 0 aromatic rings. The van der Waals surface area contributed by atoms with Crippen LogP contribution in [0.15, 0.2) is 11.1 Å². The van der Waals surface area contributed by atoms with E-state index >= 15 is 0 Å². The van der Waals surface area contributed by atoms with Gasteiger partial charge in [0.05, 0.1) is 11.9 Å². The fourth-order valence-electron chi connectivity index (χ4n) is 0.962. The molecule has 0 aliphatic rings. The van der Waals surface area contributed by atoms with E-state index in [-0.39, 0.29) is 127 Å². The van der Waals surface area contributed by atoms with Crippen molar-refractivity contribution in [2.24, 2.45) is 0 Å². The number of carboxylic acids is 2. The van der Waals surface area contributed by atoms with Crippen molar-refractivity contribution >= 4 is 11.9 Å². The second kappa shape index (κ2) is 11.4. The Morgan fingerprint density at radius 2 is 1.07 bits per heavy atom. The summed E-state index contributed by atoms with van der Waals surface area (Å²) in [7, 11) is 0. The van der Waals surface area contributed by atoms with Gasteiger partial charge >= 0.3 is 103 Å². The van der Waals surface area contributed by atoms with Crippen LogP contribution in [0.25, 0.3) is 0 Å². The minimum Gasteiger partial charge on any atom is -0.545 e. The largest absolute Gasteiger partial charge is 1.00 e. The molecule has 0 radical (unpaired) electrons. The minimum absolute atomic E-state index is 0. The Bertz CT molecular complexity index is 211. The quantitative estimate of drug-likeness (QED) is 0.366. The Labute approximate surface area is 168 Å². The van der Waals surface area contributed by atoms with Crippen molar-refractivity contribution in [3.05, 3.63) is 11.1 Å². The van der Waals surface area contributed by atoms with E-state index in [1.165, 1.54) is 0 Å². The van der Waals surface area contributed by atoms with Crippen LogP contribution in [0.1, 0.15) is 26.7 Å². The zero-order valence-corrected chi connectivity index (χ0v) is 15.3. The first-order chi connectivity index (χ1) is 5.54. The fraction of sp³-hybridized carbons (Fsp3) is 0.500. The molecule has 0 aromatic heterocycles. The Hall–Kier alpha value is 1.95. The van der Waals surface area contributed by atoms with E-state index in [9.17, 15) is 19.8 Å². The van der Waals surface area contributed by atoms with E-state index in [0.717, 1.165) is 0 Å². The van der Waals surface area contributed by atoms with E-state index in [2.05, 4.69) is 0 Å². The van der Waals surface area contributed by atoms with Gasteiger partial charge in [-0.1, -0.05) is 13.8 Å². The molecule has 68 valence electrons. The topological polar surface area (TPSA) is 80.3 Å². The van der Waals surface area contributed by atoms with Gasteiger partial charge in [0.25, 0.3) is 0 Å². The number of hydrogen-bond acceptors (Lipinski definition) is 4. The fourth-order valence-corrected chi connectivity index (χ4v) is 0.962. The molecule has 0 aliphatic heterocycles. The monoisotopic (exact) mass is 248 g/mol. The zero-order valence-electron chi connectivity index (χ0n) is 9.05. The molecule has 0 aliphatic carbocycles. The molecule has 0 saturated heterocycles. The molecule has 0 N–H and O–H groups in total. The second-order valence-electron chi connectivity index (χ2n) is 2.24. The third-order valence-corrected chi connectivity index (χ3v) is 1.56. The van der Waals surface area contributed by atoms with Gasteiger partial charge in [-0.15, -0.1) is 0 Å². The molecule has 0 aromatic carbocycles. The van der Waals surface area contributed by atoms with Gasteiger partial charge in [0, 0.05) is 0 Å². The smallest absolute Gasteiger partial charge is 0.545 e. The number of carbonyl (C=O) groups is 2. The van der Waals surface area contributed by atoms with Crippen LogP contribution >= 0.6 is 0 Å². The van der Waals surface area contributed by atoms with Crippen molar-refractivity contribution in [1.82, 2.24) is 0 Å². The summed E-state index contributed by atoms with van der Waals surface area (Å²) in [6.07, 6.45) is 0.277. The van der Waals surface area contributed by atoms with Crippen molar-refractivity contribution in [2.45, 2.75) is 26.7 Å². The summed E-state index contributed by atoms with van der Waals surface area (Å²) in [5.74, 6) is -2.86. The summed E-state index contributed by atoms with van der Waals surface area (Å²) in [4.78, 5) is 20.8. The first-order valence-corrected chi connectivity index (χ1v) is 3.69. The number of carboxylic acid groups (broad SMARTS) is 2. The van der Waals surface area contributed by atoms with Gasteiger partial charge in [-0.2, -0.15) is 0 Å². The number of hydrogen-bond donors (Lipinski definition) is 0. The molecule has 0 saturated carbocycles. The molecule has 0 amide bonds. The molecule has 0 bridgehead atoms. The molecule has 0 heterocycles. The molecule has 14 heavy (non-hydrogen) atoms.